The van der Waals surface area contributed by atoms with Crippen LogP contribution in [0.4, 0.5) is 16.5 Å². The molecule has 0 saturated heterocycles. The first-order valence-electron chi connectivity index (χ1n) is 26.8. The average molecular weight is 1440 g/mol. The van der Waals surface area contributed by atoms with Crippen molar-refractivity contribution in [2.24, 2.45) is 5.14 Å². The first-order valence-corrected chi connectivity index (χ1v) is 38.1. The van der Waals surface area contributed by atoms with Gasteiger partial charge in [0.1, 0.15) is 16.3 Å². The molecule has 0 atom stereocenters. The lowest BCUT2D eigenvalue weighted by atomic mass is 9.79. The number of fused-ring (bicyclic) bond motifs is 6. The van der Waals surface area contributed by atoms with E-state index in [-0.39, 0.29) is 115 Å². The number of rotatable bonds is 22. The summed E-state index contributed by atoms with van der Waals surface area (Å²) in [7, 11) is -34.3. The molecule has 0 bridgehead atoms. The highest BCUT2D eigenvalue weighted by molar-refractivity contribution is 7.91. The van der Waals surface area contributed by atoms with Crippen molar-refractivity contribution in [2.75, 3.05) is 34.8 Å². The minimum atomic E-state index is -5.20. The van der Waals surface area contributed by atoms with Crippen LogP contribution in [0.2, 0.25) is 0 Å². The molecule has 3 aromatic heterocycles. The van der Waals surface area contributed by atoms with Crippen LogP contribution >= 0.6 is 11.3 Å². The van der Waals surface area contributed by atoms with Gasteiger partial charge in [-0.3, -0.25) is 47.6 Å². The van der Waals surface area contributed by atoms with E-state index in [0.717, 1.165) is 12.1 Å². The van der Waals surface area contributed by atoms with Crippen molar-refractivity contribution in [3.05, 3.63) is 149 Å². The number of nitrogens with zero attached hydrogens (tertiary/aromatic N) is 6. The zero-order valence-corrected chi connectivity index (χ0v) is 55.1. The molecule has 93 heavy (non-hydrogen) atoms. The Morgan fingerprint density at radius 1 is 0.667 bits per heavy atom. The van der Waals surface area contributed by atoms with E-state index in [2.05, 4.69) is 30.8 Å². The number of nitrogens with two attached hydrogens (primary N) is 1. The third kappa shape index (κ3) is 15.1. The summed E-state index contributed by atoms with van der Waals surface area (Å²) in [5, 5.41) is 16.4. The topological polar surface area (TPSA) is 505 Å². The van der Waals surface area contributed by atoms with E-state index in [0.29, 0.717) is 29.2 Å². The number of benzene rings is 4. The standard InChI is InChI=1S/C54H53N9O22S8/c1-53(2)45(62(19-5-21-87(66,67)68)41-15-12-36-38(47(41)53)23-34(90(74,75)76)25-43(36)92(80,81)82)17-9-30(40-14-8-31(28-57-40)49(64)58-29-33-11-7-32(27-56-33)50(65)59-51-60-61-52(86-51)89(55,72)73)10-18-46-54(3,4)48-39-24-35(91(77,78)79)26-44(93(83,84)85)37(39)13-16-42(48)63(46)20-6-22-88(69,70)71/h7-18,23-28H,5-6,19-22,29H2,1-4H3,(H9-,55,58,59,60,64,65,66,67,68,69,70,71,72,73,74,75,76,77,78,79,80,81,82,83,84,85). The zero-order chi connectivity index (χ0) is 68.6. The van der Waals surface area contributed by atoms with E-state index in [9.17, 15) is 95.8 Å². The predicted molar refractivity (Wildman–Crippen MR) is 335 cm³/mol. The molecule has 0 radical (unpaired) electrons. The van der Waals surface area contributed by atoms with Crippen LogP contribution in [0, 0.1) is 0 Å². The number of nitrogens with one attached hydrogen (secondary N) is 2. The maximum Gasteiger partial charge on any atom is 0.295 e. The molecule has 0 spiro atoms. The highest BCUT2D eigenvalue weighted by Crippen LogP contribution is 2.52. The minimum absolute atomic E-state index is 0.00759. The second-order valence-corrected chi connectivity index (χ2v) is 33.5. The molecule has 39 heteroatoms. The van der Waals surface area contributed by atoms with Crippen molar-refractivity contribution in [2.45, 2.75) is 81.8 Å². The summed E-state index contributed by atoms with van der Waals surface area (Å²) in [5.41, 5.74) is -0.682. The Kier molecular flexibility index (Phi) is 18.6. The molecule has 5 heterocycles. The van der Waals surface area contributed by atoms with Crippen molar-refractivity contribution in [1.29, 1.82) is 0 Å². The maximum absolute atomic E-state index is 13.7. The molecule has 0 saturated carbocycles. The number of hydrogen-bond donors (Lipinski definition) is 8. The fraction of sp³-hybridized carbons (Fsp3) is 0.241. The SMILES string of the molecule is CC1(C)C(/C=C/C(=C/C=C2/N(CCCS(=O)(=O)O)c3ccc4c(S(=O)(=O)O)cc(S(=O)(=O)O)cc4c3C2(C)C)c2ccc(C(=O)NCc3ccc(C(=O)Nc4nnc(S(N)(=O)=O)s4)cn3)cn2)=[N+](CCCS(=O)(=O)[O-])c2ccc3c(S(=O)(=O)O)cc(S(=O)(=O)O)cc3c21. The Bertz CT molecular complexity index is 5310. The zero-order valence-electron chi connectivity index (χ0n) is 48.5. The highest BCUT2D eigenvalue weighted by Gasteiger charge is 2.47. The number of sulfonamides is 1. The minimum Gasteiger partial charge on any atom is -0.748 e. The van der Waals surface area contributed by atoms with Gasteiger partial charge in [0.15, 0.2) is 5.71 Å². The van der Waals surface area contributed by atoms with Gasteiger partial charge in [-0.2, -0.15) is 46.7 Å². The van der Waals surface area contributed by atoms with E-state index in [1.807, 2.05) is 0 Å². The first kappa shape index (κ1) is 69.6. The number of pyridine rings is 2. The van der Waals surface area contributed by atoms with Crippen LogP contribution in [0.25, 0.3) is 27.1 Å². The Labute approximate surface area is 536 Å². The molecule has 2 aliphatic rings. The highest BCUT2D eigenvalue weighted by atomic mass is 32.3. The Balaban J connectivity index is 1.17. The lowest BCUT2D eigenvalue weighted by Crippen LogP contribution is -2.28. The number of anilines is 2. The second-order valence-electron chi connectivity index (χ2n) is 22.1. The third-order valence-electron chi connectivity index (χ3n) is 15.1. The lowest BCUT2D eigenvalue weighted by molar-refractivity contribution is -0.437. The van der Waals surface area contributed by atoms with E-state index in [4.69, 9.17) is 5.14 Å². The van der Waals surface area contributed by atoms with Gasteiger partial charge in [0.25, 0.3) is 72.4 Å². The van der Waals surface area contributed by atoms with Gasteiger partial charge < -0.3 is 14.8 Å². The largest absolute Gasteiger partial charge is 0.748 e. The molecule has 494 valence electrons. The fourth-order valence-electron chi connectivity index (χ4n) is 11.0. The molecule has 4 aromatic carbocycles. The van der Waals surface area contributed by atoms with Gasteiger partial charge in [0.05, 0.1) is 60.1 Å². The van der Waals surface area contributed by atoms with Gasteiger partial charge in [-0.15, -0.1) is 10.2 Å². The number of amides is 2. The summed E-state index contributed by atoms with van der Waals surface area (Å²) in [6.07, 6.45) is 7.92. The van der Waals surface area contributed by atoms with Crippen LogP contribution in [0.15, 0.2) is 139 Å². The monoisotopic (exact) mass is 1440 g/mol. The quantitative estimate of drug-likeness (QED) is 0.0202. The summed E-state index contributed by atoms with van der Waals surface area (Å²) in [6.45, 7) is 5.95. The van der Waals surface area contributed by atoms with Crippen LogP contribution in [0.3, 0.4) is 0 Å². The average Bonchev–Trinajstić information content (AvgIpc) is 1.61. The summed E-state index contributed by atoms with van der Waals surface area (Å²) < 4.78 is 237. The van der Waals surface area contributed by atoms with Gasteiger partial charge in [-0.05, 0) is 109 Å². The van der Waals surface area contributed by atoms with Gasteiger partial charge in [-0.1, -0.05) is 37.3 Å². The maximum atomic E-state index is 13.7. The fourth-order valence-corrected chi connectivity index (χ4v) is 16.0. The van der Waals surface area contributed by atoms with Gasteiger partial charge in [0.2, 0.25) is 15.2 Å². The Morgan fingerprint density at radius 3 is 1.77 bits per heavy atom. The number of primary sulfonamides is 1. The van der Waals surface area contributed by atoms with Gasteiger partial charge >= 0.3 is 0 Å². The molecular weight excluding hydrogens is 1380 g/mol. The molecule has 9 rings (SSSR count). The molecule has 7 aromatic rings. The van der Waals surface area contributed by atoms with Crippen LogP contribution in [0.1, 0.15) is 83.8 Å². The van der Waals surface area contributed by atoms with Crippen LogP contribution in [0.5, 0.6) is 0 Å². The summed E-state index contributed by atoms with van der Waals surface area (Å²) in [4.78, 5) is 33.4. The van der Waals surface area contributed by atoms with Gasteiger partial charge in [0, 0.05) is 82.0 Å². The van der Waals surface area contributed by atoms with Crippen LogP contribution < -0.4 is 20.7 Å². The molecule has 0 unspecified atom stereocenters. The summed E-state index contributed by atoms with van der Waals surface area (Å²) >= 11 is 0.517. The van der Waals surface area contributed by atoms with E-state index in [1.54, 1.807) is 37.2 Å². The van der Waals surface area contributed by atoms with Crippen molar-refractivity contribution >= 4 is 143 Å². The van der Waals surface area contributed by atoms with Crippen molar-refractivity contribution in [3.8, 4) is 0 Å². The second kappa shape index (κ2) is 24.9. The normalized spacial score (nSPS) is 16.0. The molecule has 2 amide bonds. The summed E-state index contributed by atoms with van der Waals surface area (Å²) in [5.74, 6) is -3.02. The molecular formula is C54H53N9O22S8. The molecule has 0 aliphatic carbocycles. The Hall–Kier alpha value is -7.74. The van der Waals surface area contributed by atoms with Crippen molar-refractivity contribution < 1.29 is 100 Å². The number of hydrogen-bond acceptors (Lipinski definition) is 23. The number of carbonyl (C=O) groups is 2. The van der Waals surface area contributed by atoms with Crippen LogP contribution in [-0.2, 0) is 88.1 Å². The van der Waals surface area contributed by atoms with Crippen molar-refractivity contribution in [1.82, 2.24) is 25.5 Å². The lowest BCUT2D eigenvalue weighted by Gasteiger charge is -2.27. The smallest absolute Gasteiger partial charge is 0.295 e. The van der Waals surface area contributed by atoms with Crippen molar-refractivity contribution in [3.63, 3.8) is 0 Å². The molecule has 9 N–H and O–H groups in total. The molecule has 0 fully saturated rings. The third-order valence-corrected chi connectivity index (χ3v) is 22.2. The number of aromatic nitrogens is 4. The first-order chi connectivity index (χ1) is 42.8. The van der Waals surface area contributed by atoms with E-state index < -0.39 is 129 Å². The van der Waals surface area contributed by atoms with Gasteiger partial charge in [-0.25, -0.2) is 22.0 Å². The molecule has 31 nitrogen and oxygen atoms in total. The molecule has 2 aliphatic heterocycles. The number of allylic oxidation sites excluding steroid dienone is 6. The predicted octanol–water partition coefficient (Wildman–Crippen LogP) is 4.36. The van der Waals surface area contributed by atoms with E-state index >= 15 is 0 Å². The summed E-state index contributed by atoms with van der Waals surface area (Å²) in [6, 6.07) is 14.1. The Morgan fingerprint density at radius 2 is 1.25 bits per heavy atom. The van der Waals surface area contributed by atoms with Crippen LogP contribution in [-0.4, -0.2) is 153 Å². The number of carbonyl (C=O) groups excluding carboxylic acids is 2. The van der Waals surface area contributed by atoms with E-state index in [1.165, 1.54) is 85.2 Å².